The van der Waals surface area contributed by atoms with Gasteiger partial charge in [0.2, 0.25) is 0 Å². The Morgan fingerprint density at radius 2 is 1.88 bits per heavy atom. The maximum Gasteiger partial charge on any atom is 0.310 e. The molecule has 0 bridgehead atoms. The van der Waals surface area contributed by atoms with Crippen molar-refractivity contribution in [2.45, 2.75) is 26.4 Å². The van der Waals surface area contributed by atoms with E-state index in [1.54, 1.807) is 5.38 Å². The van der Waals surface area contributed by atoms with Crippen LogP contribution in [0.5, 0.6) is 5.75 Å². The van der Waals surface area contributed by atoms with Gasteiger partial charge in [-0.3, -0.25) is 14.4 Å². The van der Waals surface area contributed by atoms with E-state index in [1.165, 1.54) is 13.0 Å². The number of hydrogen-bond donors (Lipinski definition) is 2. The second-order valence-electron chi connectivity index (χ2n) is 5.56. The number of amides is 2. The summed E-state index contributed by atoms with van der Waals surface area (Å²) in [6, 6.07) is 8.96. The molecular formula is C18H20N2O5S. The maximum absolute atomic E-state index is 12.1. The van der Waals surface area contributed by atoms with Crippen molar-refractivity contribution in [3.05, 3.63) is 46.8 Å². The number of benzene rings is 1. The minimum absolute atomic E-state index is 0.0109. The molecule has 2 amide bonds. The van der Waals surface area contributed by atoms with E-state index < -0.39 is 23.9 Å². The molecule has 7 nitrogen and oxygen atoms in total. The first kappa shape index (κ1) is 19.5. The number of rotatable bonds is 8. The van der Waals surface area contributed by atoms with Gasteiger partial charge in [0, 0.05) is 0 Å². The minimum atomic E-state index is -1.01. The van der Waals surface area contributed by atoms with Gasteiger partial charge < -0.3 is 20.5 Å². The predicted molar refractivity (Wildman–Crippen MR) is 98.3 cm³/mol. The van der Waals surface area contributed by atoms with Crippen LogP contribution in [0.2, 0.25) is 0 Å². The van der Waals surface area contributed by atoms with Crippen LogP contribution >= 0.6 is 11.3 Å². The molecule has 0 radical (unpaired) electrons. The van der Waals surface area contributed by atoms with E-state index in [-0.39, 0.29) is 18.6 Å². The second-order valence-corrected chi connectivity index (χ2v) is 6.48. The molecule has 138 valence electrons. The molecule has 1 aromatic heterocycles. The lowest BCUT2D eigenvalue weighted by molar-refractivity contribution is -0.153. The van der Waals surface area contributed by atoms with Gasteiger partial charge in [0.1, 0.15) is 10.8 Å². The van der Waals surface area contributed by atoms with Gasteiger partial charge in [-0.15, -0.1) is 11.3 Å². The lowest BCUT2D eigenvalue weighted by Gasteiger charge is -2.13. The van der Waals surface area contributed by atoms with Crippen LogP contribution in [0.3, 0.4) is 0 Å². The molecule has 0 aliphatic heterocycles. The van der Waals surface area contributed by atoms with Crippen LogP contribution in [0, 0.1) is 6.92 Å². The van der Waals surface area contributed by atoms with Crippen molar-refractivity contribution in [3.63, 3.8) is 0 Å². The van der Waals surface area contributed by atoms with Crippen molar-refractivity contribution < 1.29 is 23.9 Å². The zero-order valence-corrected chi connectivity index (χ0v) is 15.3. The van der Waals surface area contributed by atoms with E-state index in [2.05, 4.69) is 5.32 Å². The SMILES string of the molecule is Cc1ccc(OCCC(=O)O[C@H](C)C(=O)Nc2sccc2C(N)=O)cc1. The Hall–Kier alpha value is -2.87. The van der Waals surface area contributed by atoms with Crippen LogP contribution in [0.25, 0.3) is 0 Å². The average Bonchev–Trinajstić information content (AvgIpc) is 3.05. The van der Waals surface area contributed by atoms with Crippen molar-refractivity contribution in [2.75, 3.05) is 11.9 Å². The van der Waals surface area contributed by atoms with Gasteiger partial charge in [0.25, 0.3) is 11.8 Å². The molecule has 0 spiro atoms. The van der Waals surface area contributed by atoms with Gasteiger partial charge in [-0.2, -0.15) is 0 Å². The third-order valence-corrected chi connectivity index (χ3v) is 4.27. The first-order chi connectivity index (χ1) is 12.4. The summed E-state index contributed by atoms with van der Waals surface area (Å²) in [4.78, 5) is 35.2. The summed E-state index contributed by atoms with van der Waals surface area (Å²) in [5.41, 5.74) is 6.55. The summed E-state index contributed by atoms with van der Waals surface area (Å²) in [7, 11) is 0. The molecule has 1 atom stereocenters. The number of aryl methyl sites for hydroxylation is 1. The van der Waals surface area contributed by atoms with E-state index in [0.29, 0.717) is 10.8 Å². The third-order valence-electron chi connectivity index (χ3n) is 3.44. The Balaban J connectivity index is 1.77. The van der Waals surface area contributed by atoms with Crippen molar-refractivity contribution in [3.8, 4) is 5.75 Å². The van der Waals surface area contributed by atoms with Crippen molar-refractivity contribution in [1.82, 2.24) is 0 Å². The van der Waals surface area contributed by atoms with E-state index >= 15 is 0 Å². The zero-order valence-electron chi connectivity index (χ0n) is 14.5. The zero-order chi connectivity index (χ0) is 19.1. The fraction of sp³-hybridized carbons (Fsp3) is 0.278. The van der Waals surface area contributed by atoms with Crippen molar-refractivity contribution >= 4 is 34.1 Å². The van der Waals surface area contributed by atoms with E-state index in [4.69, 9.17) is 15.2 Å². The summed E-state index contributed by atoms with van der Waals surface area (Å²) in [6.45, 7) is 3.56. The monoisotopic (exact) mass is 376 g/mol. The standard InChI is InChI=1S/C18H20N2O5S/c1-11-3-5-13(6-4-11)24-9-7-15(21)25-12(2)17(23)20-18-14(16(19)22)8-10-26-18/h3-6,8,10,12H,7,9H2,1-2H3,(H2,19,22)(H,20,23)/t12-/m1/s1. The Kier molecular flexibility index (Phi) is 6.74. The van der Waals surface area contributed by atoms with Crippen molar-refractivity contribution in [2.24, 2.45) is 5.73 Å². The quantitative estimate of drug-likeness (QED) is 0.688. The minimum Gasteiger partial charge on any atom is -0.493 e. The average molecular weight is 376 g/mol. The highest BCUT2D eigenvalue weighted by Gasteiger charge is 2.20. The van der Waals surface area contributed by atoms with Gasteiger partial charge >= 0.3 is 5.97 Å². The van der Waals surface area contributed by atoms with Crippen LogP contribution in [0.15, 0.2) is 35.7 Å². The van der Waals surface area contributed by atoms with Crippen LogP contribution < -0.4 is 15.8 Å². The molecular weight excluding hydrogens is 356 g/mol. The maximum atomic E-state index is 12.1. The van der Waals surface area contributed by atoms with Gasteiger partial charge in [-0.05, 0) is 37.4 Å². The highest BCUT2D eigenvalue weighted by atomic mass is 32.1. The van der Waals surface area contributed by atoms with Gasteiger partial charge in [0.15, 0.2) is 6.10 Å². The van der Waals surface area contributed by atoms with E-state index in [1.807, 2.05) is 31.2 Å². The molecule has 0 aliphatic rings. The largest absolute Gasteiger partial charge is 0.493 e. The molecule has 1 aromatic carbocycles. The molecule has 3 N–H and O–H groups in total. The topological polar surface area (TPSA) is 108 Å². The smallest absolute Gasteiger partial charge is 0.310 e. The van der Waals surface area contributed by atoms with Crippen molar-refractivity contribution in [1.29, 1.82) is 0 Å². The normalized spacial score (nSPS) is 11.5. The number of primary amides is 1. The predicted octanol–water partition coefficient (Wildman–Crippen LogP) is 2.49. The molecule has 0 saturated heterocycles. The summed E-state index contributed by atoms with van der Waals surface area (Å²) in [5, 5.41) is 4.50. The summed E-state index contributed by atoms with van der Waals surface area (Å²) in [6.07, 6.45) is -0.999. The molecule has 0 aliphatic carbocycles. The summed E-state index contributed by atoms with van der Waals surface area (Å²) >= 11 is 1.16. The van der Waals surface area contributed by atoms with Gasteiger partial charge in [-0.25, -0.2) is 0 Å². The number of nitrogens with one attached hydrogen (secondary N) is 1. The number of carbonyl (C=O) groups is 3. The van der Waals surface area contributed by atoms with Gasteiger partial charge in [-0.1, -0.05) is 17.7 Å². The fourth-order valence-corrected chi connectivity index (χ4v) is 2.81. The number of nitrogens with two attached hydrogens (primary N) is 1. The molecule has 0 unspecified atom stereocenters. The molecule has 26 heavy (non-hydrogen) atoms. The molecule has 8 heteroatoms. The fourth-order valence-electron chi connectivity index (χ4n) is 2.01. The third kappa shape index (κ3) is 5.59. The Labute approximate surface area is 155 Å². The number of esters is 1. The van der Waals surface area contributed by atoms with E-state index in [9.17, 15) is 14.4 Å². The molecule has 1 heterocycles. The number of anilines is 1. The van der Waals surface area contributed by atoms with E-state index in [0.717, 1.165) is 16.9 Å². The number of ether oxygens (including phenoxy) is 2. The summed E-state index contributed by atoms with van der Waals surface area (Å²) < 4.78 is 10.5. The molecule has 2 rings (SSSR count). The number of thiophene rings is 1. The highest BCUT2D eigenvalue weighted by Crippen LogP contribution is 2.23. The lowest BCUT2D eigenvalue weighted by Crippen LogP contribution is -2.30. The number of hydrogen-bond acceptors (Lipinski definition) is 6. The highest BCUT2D eigenvalue weighted by molar-refractivity contribution is 7.14. The second kappa shape index (κ2) is 9.00. The number of carbonyl (C=O) groups excluding carboxylic acids is 3. The molecule has 0 saturated carbocycles. The first-order valence-corrected chi connectivity index (χ1v) is 8.82. The van der Waals surface area contributed by atoms with Gasteiger partial charge in [0.05, 0.1) is 18.6 Å². The molecule has 0 fully saturated rings. The summed E-state index contributed by atoms with van der Waals surface area (Å²) in [5.74, 6) is -1.07. The van der Waals surface area contributed by atoms with Crippen LogP contribution in [-0.2, 0) is 14.3 Å². The Morgan fingerprint density at radius 3 is 2.54 bits per heavy atom. The first-order valence-electron chi connectivity index (χ1n) is 7.94. The Morgan fingerprint density at radius 1 is 1.19 bits per heavy atom. The molecule has 2 aromatic rings. The van der Waals surface area contributed by atoms with Crippen LogP contribution in [0.1, 0.15) is 29.3 Å². The lowest BCUT2D eigenvalue weighted by atomic mass is 10.2. The van der Waals surface area contributed by atoms with Crippen LogP contribution in [-0.4, -0.2) is 30.5 Å². The Bertz CT molecular complexity index is 785. The van der Waals surface area contributed by atoms with Crippen LogP contribution in [0.4, 0.5) is 5.00 Å².